The maximum absolute atomic E-state index is 11.3. The van der Waals surface area contributed by atoms with Crippen molar-refractivity contribution in [3.05, 3.63) is 0 Å². The van der Waals surface area contributed by atoms with Crippen molar-refractivity contribution in [1.29, 1.82) is 0 Å². The minimum absolute atomic E-state index is 0.0729. The molecule has 0 aromatic heterocycles. The molecule has 0 aromatic carbocycles. The van der Waals surface area contributed by atoms with Crippen LogP contribution >= 0.6 is 7.52 Å². The summed E-state index contributed by atoms with van der Waals surface area (Å²) in [6.45, 7) is -0.408. The molecule has 2 unspecified atom stereocenters. The summed E-state index contributed by atoms with van der Waals surface area (Å²) in [6, 6.07) is 0. The Balaban J connectivity index is 3.97. The monoisotopic (exact) mass is 183 g/mol. The van der Waals surface area contributed by atoms with Crippen molar-refractivity contribution in [3.8, 4) is 0 Å². The van der Waals surface area contributed by atoms with Crippen molar-refractivity contribution in [2.24, 2.45) is 0 Å². The SMILES string of the molecule is CNP(=O)(CC(O)CO)OC. The van der Waals surface area contributed by atoms with Crippen LogP contribution in [0.25, 0.3) is 0 Å². The largest absolute Gasteiger partial charge is 0.394 e. The lowest BCUT2D eigenvalue weighted by atomic mass is 10.4. The van der Waals surface area contributed by atoms with Crippen LogP contribution in [0.3, 0.4) is 0 Å². The van der Waals surface area contributed by atoms with Gasteiger partial charge in [0.05, 0.1) is 18.9 Å². The highest BCUT2D eigenvalue weighted by Gasteiger charge is 2.22. The number of aliphatic hydroxyl groups is 2. The van der Waals surface area contributed by atoms with E-state index in [9.17, 15) is 4.57 Å². The van der Waals surface area contributed by atoms with Crippen molar-refractivity contribution < 1.29 is 19.3 Å². The number of aliphatic hydroxyl groups excluding tert-OH is 2. The van der Waals surface area contributed by atoms with Gasteiger partial charge in [-0.1, -0.05) is 0 Å². The van der Waals surface area contributed by atoms with E-state index < -0.39 is 20.2 Å². The van der Waals surface area contributed by atoms with Gasteiger partial charge in [-0.05, 0) is 7.05 Å². The number of nitrogens with one attached hydrogen (secondary N) is 1. The molecule has 0 saturated heterocycles. The fourth-order valence-electron chi connectivity index (χ4n) is 0.592. The smallest absolute Gasteiger partial charge is 0.271 e. The predicted molar refractivity (Wildman–Crippen MR) is 41.6 cm³/mol. The number of hydrogen-bond donors (Lipinski definition) is 3. The summed E-state index contributed by atoms with van der Waals surface area (Å²) in [6.07, 6.45) is -1.07. The van der Waals surface area contributed by atoms with Crippen molar-refractivity contribution in [2.45, 2.75) is 6.10 Å². The zero-order chi connectivity index (χ0) is 8.91. The summed E-state index contributed by atoms with van der Waals surface area (Å²) in [4.78, 5) is 0. The summed E-state index contributed by atoms with van der Waals surface area (Å²) >= 11 is 0. The molecule has 0 aromatic rings. The first-order chi connectivity index (χ1) is 5.08. The topological polar surface area (TPSA) is 78.8 Å². The Labute approximate surface area is 65.9 Å². The van der Waals surface area contributed by atoms with Gasteiger partial charge in [0, 0.05) is 7.11 Å². The van der Waals surface area contributed by atoms with Crippen LogP contribution in [0.15, 0.2) is 0 Å². The third kappa shape index (κ3) is 3.84. The molecule has 2 atom stereocenters. The molecule has 6 heteroatoms. The van der Waals surface area contributed by atoms with E-state index in [1.807, 2.05) is 0 Å². The molecule has 0 radical (unpaired) electrons. The van der Waals surface area contributed by atoms with Gasteiger partial charge in [-0.15, -0.1) is 0 Å². The van der Waals surface area contributed by atoms with Crippen LogP contribution in [0.4, 0.5) is 0 Å². The van der Waals surface area contributed by atoms with Crippen LogP contribution in [0.5, 0.6) is 0 Å². The number of rotatable bonds is 5. The van der Waals surface area contributed by atoms with Crippen molar-refractivity contribution in [2.75, 3.05) is 26.9 Å². The lowest BCUT2D eigenvalue weighted by Crippen LogP contribution is -2.22. The van der Waals surface area contributed by atoms with Crippen LogP contribution in [-0.2, 0) is 9.09 Å². The lowest BCUT2D eigenvalue weighted by Gasteiger charge is -2.16. The fourth-order valence-corrected chi connectivity index (χ4v) is 1.78. The summed E-state index contributed by atoms with van der Waals surface area (Å²) in [5.74, 6) is 0. The zero-order valence-corrected chi connectivity index (χ0v) is 7.54. The molecular formula is C5H14NO4P. The third-order valence-electron chi connectivity index (χ3n) is 1.30. The second-order valence-corrected chi connectivity index (χ2v) is 4.62. The van der Waals surface area contributed by atoms with E-state index in [1.54, 1.807) is 0 Å². The average molecular weight is 183 g/mol. The first-order valence-corrected chi connectivity index (χ1v) is 5.01. The van der Waals surface area contributed by atoms with Crippen molar-refractivity contribution in [1.82, 2.24) is 5.09 Å². The van der Waals surface area contributed by atoms with E-state index in [0.29, 0.717) is 0 Å². The first-order valence-electron chi connectivity index (χ1n) is 3.20. The maximum Gasteiger partial charge on any atom is 0.271 e. The molecule has 0 aliphatic rings. The Kier molecular flexibility index (Phi) is 4.88. The second-order valence-electron chi connectivity index (χ2n) is 2.10. The Hall–Kier alpha value is 0.0700. The summed E-state index contributed by atoms with van der Waals surface area (Å²) in [5.41, 5.74) is 0. The van der Waals surface area contributed by atoms with E-state index in [-0.39, 0.29) is 6.16 Å². The Morgan fingerprint density at radius 3 is 2.55 bits per heavy atom. The van der Waals surface area contributed by atoms with Gasteiger partial charge in [0.2, 0.25) is 0 Å². The van der Waals surface area contributed by atoms with E-state index in [2.05, 4.69) is 9.61 Å². The molecule has 0 fully saturated rings. The van der Waals surface area contributed by atoms with Crippen LogP contribution in [0.1, 0.15) is 0 Å². The molecular weight excluding hydrogens is 169 g/mol. The Bertz CT molecular complexity index is 143. The third-order valence-corrected chi connectivity index (χ3v) is 3.47. The minimum atomic E-state index is -2.91. The summed E-state index contributed by atoms with van der Waals surface area (Å²) in [7, 11) is -0.140. The molecule has 0 bridgehead atoms. The van der Waals surface area contributed by atoms with Gasteiger partial charge in [-0.25, -0.2) is 5.09 Å². The van der Waals surface area contributed by atoms with Crippen LogP contribution in [0, 0.1) is 0 Å². The maximum atomic E-state index is 11.3. The van der Waals surface area contributed by atoms with Crippen LogP contribution in [-0.4, -0.2) is 43.2 Å². The van der Waals surface area contributed by atoms with E-state index in [4.69, 9.17) is 10.2 Å². The molecule has 0 spiro atoms. The zero-order valence-electron chi connectivity index (χ0n) is 6.65. The highest BCUT2D eigenvalue weighted by molar-refractivity contribution is 7.56. The molecule has 5 nitrogen and oxygen atoms in total. The fraction of sp³-hybridized carbons (Fsp3) is 1.00. The molecule has 0 heterocycles. The highest BCUT2D eigenvalue weighted by atomic mass is 31.2. The quantitative estimate of drug-likeness (QED) is 0.496. The molecule has 11 heavy (non-hydrogen) atoms. The van der Waals surface area contributed by atoms with Gasteiger partial charge >= 0.3 is 0 Å². The van der Waals surface area contributed by atoms with E-state index >= 15 is 0 Å². The molecule has 0 amide bonds. The molecule has 0 saturated carbocycles. The van der Waals surface area contributed by atoms with Gasteiger partial charge in [-0.3, -0.25) is 4.57 Å². The highest BCUT2D eigenvalue weighted by Crippen LogP contribution is 2.40. The van der Waals surface area contributed by atoms with Crippen molar-refractivity contribution in [3.63, 3.8) is 0 Å². The van der Waals surface area contributed by atoms with E-state index in [1.165, 1.54) is 14.2 Å². The molecule has 3 N–H and O–H groups in total. The lowest BCUT2D eigenvalue weighted by molar-refractivity contribution is 0.109. The minimum Gasteiger partial charge on any atom is -0.394 e. The molecule has 68 valence electrons. The van der Waals surface area contributed by atoms with Gasteiger partial charge in [0.25, 0.3) is 7.52 Å². The predicted octanol–water partition coefficient (Wildman–Crippen LogP) is -0.602. The van der Waals surface area contributed by atoms with Crippen LogP contribution < -0.4 is 5.09 Å². The molecule has 0 aliphatic heterocycles. The van der Waals surface area contributed by atoms with Gasteiger partial charge in [0.15, 0.2) is 0 Å². The van der Waals surface area contributed by atoms with Gasteiger partial charge < -0.3 is 14.7 Å². The second kappa shape index (κ2) is 4.85. The average Bonchev–Trinajstić information content (AvgIpc) is 2.04. The summed E-state index contributed by atoms with van der Waals surface area (Å²) in [5, 5.41) is 19.8. The van der Waals surface area contributed by atoms with Crippen LogP contribution in [0.2, 0.25) is 0 Å². The summed E-state index contributed by atoms with van der Waals surface area (Å²) < 4.78 is 15.9. The molecule has 0 aliphatic carbocycles. The molecule has 0 rings (SSSR count). The van der Waals surface area contributed by atoms with E-state index in [0.717, 1.165) is 0 Å². The van der Waals surface area contributed by atoms with Crippen molar-refractivity contribution >= 4 is 7.52 Å². The van der Waals surface area contributed by atoms with Gasteiger partial charge in [-0.2, -0.15) is 0 Å². The number of hydrogen-bond acceptors (Lipinski definition) is 4. The Morgan fingerprint density at radius 2 is 2.27 bits per heavy atom. The normalized spacial score (nSPS) is 19.3. The standard InChI is InChI=1S/C5H14NO4P/c1-6-11(9,10-2)4-5(8)3-7/h5,7-8H,3-4H2,1-2H3,(H,6,9). The van der Waals surface area contributed by atoms with Gasteiger partial charge in [0.1, 0.15) is 0 Å². The first kappa shape index (κ1) is 11.1. The Morgan fingerprint density at radius 1 is 1.73 bits per heavy atom.